The van der Waals surface area contributed by atoms with Gasteiger partial charge in [0.1, 0.15) is 0 Å². The molecule has 1 heterocycles. The molecular formula is C14H27N3O. The second kappa shape index (κ2) is 7.10. The Hall–Kier alpha value is -0.610. The molecule has 0 bridgehead atoms. The van der Waals surface area contributed by atoms with Crippen molar-refractivity contribution in [2.75, 3.05) is 33.2 Å². The molecule has 1 saturated heterocycles. The molecule has 0 aromatic heterocycles. The maximum Gasteiger partial charge on any atom is 0.234 e. The van der Waals surface area contributed by atoms with Crippen LogP contribution >= 0.6 is 0 Å². The molecule has 4 nitrogen and oxygen atoms in total. The average molecular weight is 253 g/mol. The van der Waals surface area contributed by atoms with Gasteiger partial charge >= 0.3 is 0 Å². The number of likely N-dealkylation sites (tertiary alicyclic amines) is 1. The Morgan fingerprint density at radius 1 is 1.17 bits per heavy atom. The zero-order chi connectivity index (χ0) is 12.8. The molecule has 104 valence electrons. The van der Waals surface area contributed by atoms with Crippen molar-refractivity contribution in [1.82, 2.24) is 15.5 Å². The number of hydrogen-bond acceptors (Lipinski definition) is 3. The number of piperidine rings is 1. The number of carbonyl (C=O) groups excluding carboxylic acids is 1. The Balaban J connectivity index is 1.53. The second-order valence-corrected chi connectivity index (χ2v) is 5.93. The Bertz CT molecular complexity index is 256. The Labute approximate surface area is 110 Å². The first-order valence-electron chi connectivity index (χ1n) is 7.42. The van der Waals surface area contributed by atoms with Gasteiger partial charge in [-0.1, -0.05) is 12.8 Å². The third-order valence-corrected chi connectivity index (χ3v) is 4.28. The molecule has 0 radical (unpaired) electrons. The van der Waals surface area contributed by atoms with E-state index < -0.39 is 0 Å². The molecule has 0 aromatic rings. The second-order valence-electron chi connectivity index (χ2n) is 5.93. The summed E-state index contributed by atoms with van der Waals surface area (Å²) >= 11 is 0. The van der Waals surface area contributed by atoms with Crippen molar-refractivity contribution in [3.05, 3.63) is 0 Å². The minimum Gasteiger partial charge on any atom is -0.352 e. The Morgan fingerprint density at radius 2 is 1.83 bits per heavy atom. The van der Waals surface area contributed by atoms with Crippen LogP contribution in [0.2, 0.25) is 0 Å². The highest BCUT2D eigenvalue weighted by atomic mass is 16.1. The molecule has 1 aliphatic carbocycles. The molecule has 2 fully saturated rings. The van der Waals surface area contributed by atoms with E-state index in [4.69, 9.17) is 0 Å². The summed E-state index contributed by atoms with van der Waals surface area (Å²) in [7, 11) is 2.18. The molecule has 0 spiro atoms. The van der Waals surface area contributed by atoms with Crippen LogP contribution in [-0.4, -0.2) is 50.1 Å². The van der Waals surface area contributed by atoms with E-state index in [0.29, 0.717) is 12.6 Å². The third-order valence-electron chi connectivity index (χ3n) is 4.28. The summed E-state index contributed by atoms with van der Waals surface area (Å²) in [6.07, 6.45) is 7.39. The Morgan fingerprint density at radius 3 is 2.50 bits per heavy atom. The molecule has 1 amide bonds. The van der Waals surface area contributed by atoms with Crippen molar-refractivity contribution in [3.8, 4) is 0 Å². The van der Waals surface area contributed by atoms with Crippen LogP contribution < -0.4 is 10.6 Å². The number of nitrogens with one attached hydrogen (secondary N) is 2. The largest absolute Gasteiger partial charge is 0.352 e. The van der Waals surface area contributed by atoms with Gasteiger partial charge in [0.05, 0.1) is 6.54 Å². The van der Waals surface area contributed by atoms with Crippen molar-refractivity contribution in [2.24, 2.45) is 5.92 Å². The molecule has 4 heteroatoms. The van der Waals surface area contributed by atoms with Crippen molar-refractivity contribution in [2.45, 2.75) is 44.6 Å². The topological polar surface area (TPSA) is 44.4 Å². The van der Waals surface area contributed by atoms with Gasteiger partial charge in [0.15, 0.2) is 0 Å². The van der Waals surface area contributed by atoms with Gasteiger partial charge in [-0.3, -0.25) is 4.79 Å². The van der Waals surface area contributed by atoms with Gasteiger partial charge in [-0.05, 0) is 58.3 Å². The highest BCUT2D eigenvalue weighted by Crippen LogP contribution is 2.17. The Kier molecular flexibility index (Phi) is 5.45. The van der Waals surface area contributed by atoms with Crippen LogP contribution in [0, 0.1) is 5.92 Å². The minimum absolute atomic E-state index is 0.176. The quantitative estimate of drug-likeness (QED) is 0.767. The molecule has 2 aliphatic rings. The van der Waals surface area contributed by atoms with Gasteiger partial charge in [-0.2, -0.15) is 0 Å². The van der Waals surface area contributed by atoms with E-state index in [9.17, 15) is 4.79 Å². The summed E-state index contributed by atoms with van der Waals surface area (Å²) in [5.74, 6) is 0.926. The van der Waals surface area contributed by atoms with E-state index in [1.807, 2.05) is 0 Å². The van der Waals surface area contributed by atoms with Crippen molar-refractivity contribution in [3.63, 3.8) is 0 Å². The number of amides is 1. The summed E-state index contributed by atoms with van der Waals surface area (Å²) in [5.41, 5.74) is 0. The van der Waals surface area contributed by atoms with E-state index in [2.05, 4.69) is 22.6 Å². The molecule has 0 atom stereocenters. The first-order chi connectivity index (χ1) is 8.74. The number of hydrogen-bond donors (Lipinski definition) is 2. The van der Waals surface area contributed by atoms with Crippen LogP contribution in [0.5, 0.6) is 0 Å². The van der Waals surface area contributed by atoms with Gasteiger partial charge in [0.2, 0.25) is 5.91 Å². The fourth-order valence-corrected chi connectivity index (χ4v) is 3.00. The fraction of sp³-hybridized carbons (Fsp3) is 0.929. The molecule has 1 aliphatic heterocycles. The van der Waals surface area contributed by atoms with Crippen LogP contribution in [-0.2, 0) is 4.79 Å². The lowest BCUT2D eigenvalue weighted by atomic mass is 9.97. The standard InChI is InChI=1S/C14H27N3O/c1-17-8-6-12(7-9-17)10-15-11-14(18)16-13-4-2-3-5-13/h12-13,15H,2-11H2,1H3,(H,16,18). The first kappa shape index (κ1) is 13.8. The predicted molar refractivity (Wildman–Crippen MR) is 73.5 cm³/mol. The van der Waals surface area contributed by atoms with Crippen molar-refractivity contribution < 1.29 is 4.79 Å². The van der Waals surface area contributed by atoms with E-state index in [1.165, 1.54) is 51.6 Å². The van der Waals surface area contributed by atoms with Crippen LogP contribution in [0.15, 0.2) is 0 Å². The van der Waals surface area contributed by atoms with E-state index in [0.717, 1.165) is 12.5 Å². The SMILES string of the molecule is CN1CCC(CNCC(=O)NC2CCCC2)CC1. The summed E-state index contributed by atoms with van der Waals surface area (Å²) < 4.78 is 0. The fourth-order valence-electron chi connectivity index (χ4n) is 3.00. The molecule has 2 N–H and O–H groups in total. The summed E-state index contributed by atoms with van der Waals surface area (Å²) in [6, 6.07) is 0.447. The first-order valence-corrected chi connectivity index (χ1v) is 7.42. The third kappa shape index (κ3) is 4.58. The van der Waals surface area contributed by atoms with E-state index >= 15 is 0 Å². The van der Waals surface area contributed by atoms with Crippen molar-refractivity contribution >= 4 is 5.91 Å². The highest BCUT2D eigenvalue weighted by Gasteiger charge is 2.18. The maximum absolute atomic E-state index is 11.7. The number of rotatable bonds is 5. The lowest BCUT2D eigenvalue weighted by Gasteiger charge is -2.29. The number of carbonyl (C=O) groups is 1. The molecule has 18 heavy (non-hydrogen) atoms. The molecule has 0 unspecified atom stereocenters. The smallest absolute Gasteiger partial charge is 0.234 e. The lowest BCUT2D eigenvalue weighted by Crippen LogP contribution is -2.41. The molecule has 1 saturated carbocycles. The van der Waals surface area contributed by atoms with Crippen LogP contribution in [0.1, 0.15) is 38.5 Å². The average Bonchev–Trinajstić information content (AvgIpc) is 2.84. The van der Waals surface area contributed by atoms with E-state index in [1.54, 1.807) is 0 Å². The normalized spacial score (nSPS) is 23.4. The van der Waals surface area contributed by atoms with E-state index in [-0.39, 0.29) is 5.91 Å². The summed E-state index contributed by atoms with van der Waals surface area (Å²) in [4.78, 5) is 14.1. The van der Waals surface area contributed by atoms with Gasteiger partial charge in [-0.25, -0.2) is 0 Å². The molecule has 2 rings (SSSR count). The van der Waals surface area contributed by atoms with Crippen LogP contribution in [0.4, 0.5) is 0 Å². The van der Waals surface area contributed by atoms with Crippen molar-refractivity contribution in [1.29, 1.82) is 0 Å². The van der Waals surface area contributed by atoms with Gasteiger partial charge in [0, 0.05) is 6.04 Å². The number of nitrogens with zero attached hydrogens (tertiary/aromatic N) is 1. The molecular weight excluding hydrogens is 226 g/mol. The lowest BCUT2D eigenvalue weighted by molar-refractivity contribution is -0.120. The van der Waals surface area contributed by atoms with Crippen LogP contribution in [0.25, 0.3) is 0 Å². The monoisotopic (exact) mass is 253 g/mol. The summed E-state index contributed by atoms with van der Waals surface area (Å²) in [5, 5.41) is 6.43. The predicted octanol–water partition coefficient (Wildman–Crippen LogP) is 0.977. The zero-order valence-corrected chi connectivity index (χ0v) is 11.6. The van der Waals surface area contributed by atoms with Gasteiger partial charge < -0.3 is 15.5 Å². The summed E-state index contributed by atoms with van der Waals surface area (Å²) in [6.45, 7) is 3.87. The maximum atomic E-state index is 11.7. The zero-order valence-electron chi connectivity index (χ0n) is 11.6. The highest BCUT2D eigenvalue weighted by molar-refractivity contribution is 5.78. The molecule has 0 aromatic carbocycles. The minimum atomic E-state index is 0.176. The van der Waals surface area contributed by atoms with Crippen LogP contribution in [0.3, 0.4) is 0 Å². The van der Waals surface area contributed by atoms with Gasteiger partial charge in [0.25, 0.3) is 0 Å². The van der Waals surface area contributed by atoms with Gasteiger partial charge in [-0.15, -0.1) is 0 Å².